The minimum absolute atomic E-state index is 0.148. The van der Waals surface area contributed by atoms with Gasteiger partial charge in [-0.25, -0.2) is 0 Å². The monoisotopic (exact) mass is 411 g/mol. The number of hydrogen-bond donors (Lipinski definition) is 1. The molecule has 2 aromatic rings. The van der Waals surface area contributed by atoms with E-state index < -0.39 is 11.7 Å². The molecule has 2 rings (SSSR count). The summed E-state index contributed by atoms with van der Waals surface area (Å²) in [6.45, 7) is 0.347. The number of methoxy groups -OCH3 is 3. The molecule has 0 fully saturated rings. The molecule has 5 nitrogen and oxygen atoms in total. The molecule has 0 aliphatic rings. The molecule has 29 heavy (non-hydrogen) atoms. The maximum Gasteiger partial charge on any atom is 0.416 e. The van der Waals surface area contributed by atoms with Crippen molar-refractivity contribution in [3.05, 3.63) is 53.1 Å². The third kappa shape index (κ3) is 6.30. The molecular formula is C21H24F3NO4. The van der Waals surface area contributed by atoms with Crippen molar-refractivity contribution in [1.82, 2.24) is 5.32 Å². The molecule has 0 radical (unpaired) electrons. The highest BCUT2D eigenvalue weighted by molar-refractivity contribution is 5.76. The minimum Gasteiger partial charge on any atom is -0.493 e. The number of hydrogen-bond acceptors (Lipinski definition) is 4. The van der Waals surface area contributed by atoms with Gasteiger partial charge in [-0.05, 0) is 48.2 Å². The van der Waals surface area contributed by atoms with Crippen LogP contribution in [0.4, 0.5) is 13.2 Å². The zero-order valence-electron chi connectivity index (χ0n) is 16.6. The van der Waals surface area contributed by atoms with Gasteiger partial charge in [-0.2, -0.15) is 13.2 Å². The van der Waals surface area contributed by atoms with Crippen molar-refractivity contribution in [1.29, 1.82) is 0 Å². The van der Waals surface area contributed by atoms with E-state index in [2.05, 4.69) is 5.32 Å². The zero-order valence-corrected chi connectivity index (χ0v) is 16.6. The van der Waals surface area contributed by atoms with Crippen LogP contribution in [-0.2, 0) is 23.8 Å². The lowest BCUT2D eigenvalue weighted by Crippen LogP contribution is -2.25. The molecule has 0 saturated heterocycles. The van der Waals surface area contributed by atoms with E-state index >= 15 is 0 Å². The van der Waals surface area contributed by atoms with E-state index in [1.54, 1.807) is 12.1 Å². The van der Waals surface area contributed by atoms with Crippen LogP contribution < -0.4 is 19.5 Å². The van der Waals surface area contributed by atoms with Crippen molar-refractivity contribution < 1.29 is 32.2 Å². The molecule has 0 saturated carbocycles. The number of halogens is 3. The quantitative estimate of drug-likeness (QED) is 0.677. The first-order valence-corrected chi connectivity index (χ1v) is 9.00. The summed E-state index contributed by atoms with van der Waals surface area (Å²) in [6.07, 6.45) is -3.16. The molecule has 0 aliphatic heterocycles. The molecule has 0 atom stereocenters. The number of aryl methyl sites for hydroxylation is 1. The molecule has 8 heteroatoms. The van der Waals surface area contributed by atoms with Crippen LogP contribution in [0, 0.1) is 0 Å². The second-order valence-corrected chi connectivity index (χ2v) is 6.33. The van der Waals surface area contributed by atoms with Crippen molar-refractivity contribution in [3.63, 3.8) is 0 Å². The third-order valence-corrected chi connectivity index (χ3v) is 4.38. The van der Waals surface area contributed by atoms with E-state index in [0.717, 1.165) is 23.3 Å². The Labute approximate surface area is 167 Å². The number of ether oxygens (including phenoxy) is 3. The van der Waals surface area contributed by atoms with Crippen LogP contribution >= 0.6 is 0 Å². The van der Waals surface area contributed by atoms with Crippen molar-refractivity contribution in [2.24, 2.45) is 0 Å². The molecule has 158 valence electrons. The number of carbonyl (C=O) groups excluding carboxylic acids is 1. The first kappa shape index (κ1) is 22.4. The van der Waals surface area contributed by atoms with Gasteiger partial charge in [-0.1, -0.05) is 12.1 Å². The molecule has 1 amide bonds. The Bertz CT molecular complexity index is 795. The summed E-state index contributed by atoms with van der Waals surface area (Å²) >= 11 is 0. The Morgan fingerprint density at radius 2 is 1.48 bits per heavy atom. The smallest absolute Gasteiger partial charge is 0.416 e. The minimum atomic E-state index is -4.35. The van der Waals surface area contributed by atoms with Gasteiger partial charge in [0.1, 0.15) is 0 Å². The van der Waals surface area contributed by atoms with Crippen LogP contribution in [0.25, 0.3) is 0 Å². The molecule has 0 aromatic heterocycles. The third-order valence-electron chi connectivity index (χ3n) is 4.38. The normalized spacial score (nSPS) is 11.1. The Balaban J connectivity index is 1.84. The Kier molecular flexibility index (Phi) is 7.75. The summed E-state index contributed by atoms with van der Waals surface area (Å²) in [6, 6.07) is 8.51. The van der Waals surface area contributed by atoms with Crippen LogP contribution in [-0.4, -0.2) is 33.8 Å². The maximum absolute atomic E-state index is 12.6. The largest absolute Gasteiger partial charge is 0.493 e. The van der Waals surface area contributed by atoms with Gasteiger partial charge in [0.25, 0.3) is 0 Å². The fourth-order valence-electron chi connectivity index (χ4n) is 2.83. The molecule has 0 spiro atoms. The maximum atomic E-state index is 12.6. The highest BCUT2D eigenvalue weighted by Gasteiger charge is 2.29. The molecule has 0 unspecified atom stereocenters. The van der Waals surface area contributed by atoms with Crippen LogP contribution in [0.1, 0.15) is 23.1 Å². The van der Waals surface area contributed by atoms with Crippen molar-refractivity contribution in [2.75, 3.05) is 27.9 Å². The van der Waals surface area contributed by atoms with E-state index in [1.807, 2.05) is 0 Å². The van der Waals surface area contributed by atoms with E-state index in [9.17, 15) is 18.0 Å². The molecule has 0 bridgehead atoms. The van der Waals surface area contributed by atoms with Crippen molar-refractivity contribution >= 4 is 5.91 Å². The van der Waals surface area contributed by atoms with Crippen molar-refractivity contribution in [2.45, 2.75) is 25.4 Å². The number of carbonyl (C=O) groups is 1. The number of nitrogens with one attached hydrogen (secondary N) is 1. The Morgan fingerprint density at radius 1 is 0.897 bits per heavy atom. The standard InChI is InChI=1S/C21H24F3NO4/c1-27-17-12-15(13-18(28-2)20(17)29-3)6-9-19(26)25-11-10-14-4-7-16(8-5-14)21(22,23)24/h4-5,7-8,12-13H,6,9-11H2,1-3H3,(H,25,26). The van der Waals surface area contributed by atoms with Gasteiger partial charge in [0.05, 0.1) is 26.9 Å². The highest BCUT2D eigenvalue weighted by atomic mass is 19.4. The molecule has 1 N–H and O–H groups in total. The zero-order chi connectivity index (χ0) is 21.4. The summed E-state index contributed by atoms with van der Waals surface area (Å²) in [7, 11) is 4.56. The molecular weight excluding hydrogens is 387 g/mol. The van der Waals surface area contributed by atoms with Crippen molar-refractivity contribution in [3.8, 4) is 17.2 Å². The fourth-order valence-corrected chi connectivity index (χ4v) is 2.83. The lowest BCUT2D eigenvalue weighted by atomic mass is 10.1. The van der Waals surface area contributed by atoms with Crippen LogP contribution in [0.15, 0.2) is 36.4 Å². The predicted octanol–water partition coefficient (Wildman–Crippen LogP) is 4.02. The summed E-state index contributed by atoms with van der Waals surface area (Å²) in [5.74, 6) is 1.37. The van der Waals surface area contributed by atoms with Gasteiger partial charge in [0.15, 0.2) is 11.5 Å². The first-order valence-electron chi connectivity index (χ1n) is 9.00. The van der Waals surface area contributed by atoms with E-state index in [1.165, 1.54) is 33.5 Å². The second kappa shape index (κ2) is 10.0. The Hall–Kier alpha value is -2.90. The summed E-state index contributed by atoms with van der Waals surface area (Å²) in [5, 5.41) is 2.78. The summed E-state index contributed by atoms with van der Waals surface area (Å²) < 4.78 is 53.5. The lowest BCUT2D eigenvalue weighted by Gasteiger charge is -2.14. The average Bonchev–Trinajstić information content (AvgIpc) is 2.71. The van der Waals surface area contributed by atoms with Gasteiger partial charge in [0.2, 0.25) is 11.7 Å². The lowest BCUT2D eigenvalue weighted by molar-refractivity contribution is -0.137. The van der Waals surface area contributed by atoms with Gasteiger partial charge in [-0.3, -0.25) is 4.79 Å². The van der Waals surface area contributed by atoms with Gasteiger partial charge in [-0.15, -0.1) is 0 Å². The SMILES string of the molecule is COc1cc(CCC(=O)NCCc2ccc(C(F)(F)F)cc2)cc(OC)c1OC. The first-order chi connectivity index (χ1) is 13.8. The summed E-state index contributed by atoms with van der Waals surface area (Å²) in [4.78, 5) is 12.1. The van der Waals surface area contributed by atoms with E-state index in [0.29, 0.717) is 36.6 Å². The topological polar surface area (TPSA) is 56.8 Å². The number of amides is 1. The molecule has 2 aromatic carbocycles. The average molecular weight is 411 g/mol. The van der Waals surface area contributed by atoms with Crippen LogP contribution in [0.3, 0.4) is 0 Å². The molecule has 0 heterocycles. The number of rotatable bonds is 9. The van der Waals surface area contributed by atoms with Crippen LogP contribution in [0.2, 0.25) is 0 Å². The van der Waals surface area contributed by atoms with E-state index in [-0.39, 0.29) is 12.3 Å². The van der Waals surface area contributed by atoms with Gasteiger partial charge in [0, 0.05) is 13.0 Å². The van der Waals surface area contributed by atoms with Gasteiger partial charge < -0.3 is 19.5 Å². The Morgan fingerprint density at radius 3 is 1.97 bits per heavy atom. The fraction of sp³-hybridized carbons (Fsp3) is 0.381. The number of alkyl halides is 3. The van der Waals surface area contributed by atoms with E-state index in [4.69, 9.17) is 14.2 Å². The second-order valence-electron chi connectivity index (χ2n) is 6.33. The predicted molar refractivity (Wildman–Crippen MR) is 103 cm³/mol. The van der Waals surface area contributed by atoms with Crippen LogP contribution in [0.5, 0.6) is 17.2 Å². The number of benzene rings is 2. The summed E-state index contributed by atoms with van der Waals surface area (Å²) in [5.41, 5.74) is 0.899. The van der Waals surface area contributed by atoms with Gasteiger partial charge >= 0.3 is 6.18 Å². The molecule has 0 aliphatic carbocycles. The highest BCUT2D eigenvalue weighted by Crippen LogP contribution is 2.38.